The quantitative estimate of drug-likeness (QED) is 0.774. The SMILES string of the molecule is CCn1ccnc1Cn1cc(CO)c2cccnc21. The zero-order chi connectivity index (χ0) is 13.2. The van der Waals surface area contributed by atoms with Crippen LogP contribution in [0.1, 0.15) is 18.3 Å². The van der Waals surface area contributed by atoms with Crippen LogP contribution in [0.5, 0.6) is 0 Å². The third-order valence-corrected chi connectivity index (χ3v) is 3.34. The van der Waals surface area contributed by atoms with E-state index in [4.69, 9.17) is 0 Å². The third-order valence-electron chi connectivity index (χ3n) is 3.34. The molecule has 0 unspecified atom stereocenters. The number of hydrogen-bond acceptors (Lipinski definition) is 3. The minimum Gasteiger partial charge on any atom is -0.392 e. The molecule has 98 valence electrons. The zero-order valence-electron chi connectivity index (χ0n) is 10.8. The van der Waals surface area contributed by atoms with Gasteiger partial charge in [-0.05, 0) is 19.1 Å². The van der Waals surface area contributed by atoms with Crippen LogP contribution in [0.4, 0.5) is 0 Å². The van der Waals surface area contributed by atoms with Crippen molar-refractivity contribution in [2.45, 2.75) is 26.6 Å². The second-order valence-electron chi connectivity index (χ2n) is 4.44. The lowest BCUT2D eigenvalue weighted by molar-refractivity contribution is 0.283. The number of imidazole rings is 1. The maximum atomic E-state index is 9.41. The summed E-state index contributed by atoms with van der Waals surface area (Å²) in [5.41, 5.74) is 1.79. The van der Waals surface area contributed by atoms with Crippen molar-refractivity contribution in [2.24, 2.45) is 0 Å². The predicted molar refractivity (Wildman–Crippen MR) is 72.7 cm³/mol. The summed E-state index contributed by atoms with van der Waals surface area (Å²) in [6, 6.07) is 3.87. The fourth-order valence-electron chi connectivity index (χ4n) is 2.37. The van der Waals surface area contributed by atoms with Crippen molar-refractivity contribution in [1.29, 1.82) is 0 Å². The van der Waals surface area contributed by atoms with Gasteiger partial charge in [0.25, 0.3) is 0 Å². The monoisotopic (exact) mass is 256 g/mol. The second kappa shape index (κ2) is 4.85. The maximum Gasteiger partial charge on any atom is 0.140 e. The van der Waals surface area contributed by atoms with Gasteiger partial charge in [0.2, 0.25) is 0 Å². The highest BCUT2D eigenvalue weighted by Gasteiger charge is 2.10. The summed E-state index contributed by atoms with van der Waals surface area (Å²) in [4.78, 5) is 8.78. The van der Waals surface area contributed by atoms with Crippen molar-refractivity contribution in [2.75, 3.05) is 0 Å². The molecule has 0 saturated heterocycles. The average Bonchev–Trinajstić information content (AvgIpc) is 3.04. The Kier molecular flexibility index (Phi) is 3.05. The summed E-state index contributed by atoms with van der Waals surface area (Å²) in [6.07, 6.45) is 7.50. The Balaban J connectivity index is 2.06. The molecule has 0 aliphatic rings. The Morgan fingerprint density at radius 2 is 2.11 bits per heavy atom. The van der Waals surface area contributed by atoms with Gasteiger partial charge in [-0.25, -0.2) is 9.97 Å². The molecule has 0 aliphatic carbocycles. The highest BCUT2D eigenvalue weighted by atomic mass is 16.3. The lowest BCUT2D eigenvalue weighted by atomic mass is 10.2. The van der Waals surface area contributed by atoms with E-state index in [1.807, 2.05) is 35.3 Å². The van der Waals surface area contributed by atoms with E-state index in [1.165, 1.54) is 0 Å². The van der Waals surface area contributed by atoms with Crippen molar-refractivity contribution in [3.05, 3.63) is 48.3 Å². The van der Waals surface area contributed by atoms with Crippen LogP contribution in [0.2, 0.25) is 0 Å². The molecule has 3 heterocycles. The molecule has 3 aromatic heterocycles. The Morgan fingerprint density at radius 1 is 1.21 bits per heavy atom. The van der Waals surface area contributed by atoms with E-state index < -0.39 is 0 Å². The molecule has 1 N–H and O–H groups in total. The molecule has 0 spiro atoms. The lowest BCUT2D eigenvalue weighted by Gasteiger charge is -2.06. The molecular weight excluding hydrogens is 240 g/mol. The minimum atomic E-state index is 0.0252. The summed E-state index contributed by atoms with van der Waals surface area (Å²) in [5, 5.41) is 10.4. The molecular formula is C14H16N4O. The molecule has 3 aromatic rings. The third kappa shape index (κ3) is 2.02. The molecule has 0 radical (unpaired) electrons. The average molecular weight is 256 g/mol. The molecule has 0 bridgehead atoms. The van der Waals surface area contributed by atoms with Crippen molar-refractivity contribution >= 4 is 11.0 Å². The van der Waals surface area contributed by atoms with E-state index >= 15 is 0 Å². The van der Waals surface area contributed by atoms with Crippen LogP contribution in [-0.2, 0) is 19.7 Å². The lowest BCUT2D eigenvalue weighted by Crippen LogP contribution is -2.07. The standard InChI is InChI=1S/C14H16N4O/c1-2-17-7-6-15-13(17)9-18-8-11(10-19)12-4-3-5-16-14(12)18/h3-8,19H,2,9-10H2,1H3. The Bertz CT molecular complexity index is 698. The van der Waals surface area contributed by atoms with Gasteiger partial charge >= 0.3 is 0 Å². The molecule has 0 amide bonds. The Hall–Kier alpha value is -2.14. The Labute approximate surface area is 111 Å². The number of aromatic nitrogens is 4. The van der Waals surface area contributed by atoms with Gasteiger partial charge in [0, 0.05) is 42.3 Å². The smallest absolute Gasteiger partial charge is 0.140 e. The van der Waals surface area contributed by atoms with Gasteiger partial charge in [0.1, 0.15) is 11.5 Å². The number of aliphatic hydroxyl groups is 1. The van der Waals surface area contributed by atoms with Crippen molar-refractivity contribution in [1.82, 2.24) is 19.1 Å². The normalized spacial score (nSPS) is 11.3. The predicted octanol–water partition coefficient (Wildman–Crippen LogP) is 1.79. The Morgan fingerprint density at radius 3 is 2.89 bits per heavy atom. The van der Waals surface area contributed by atoms with Crippen LogP contribution in [0, 0.1) is 0 Å². The zero-order valence-corrected chi connectivity index (χ0v) is 10.8. The van der Waals surface area contributed by atoms with Gasteiger partial charge in [-0.1, -0.05) is 0 Å². The van der Waals surface area contributed by atoms with Gasteiger partial charge in [-0.3, -0.25) is 0 Å². The van der Waals surface area contributed by atoms with Gasteiger partial charge in [-0.2, -0.15) is 0 Å². The molecule has 5 nitrogen and oxygen atoms in total. The van der Waals surface area contributed by atoms with E-state index in [0.717, 1.165) is 29.0 Å². The van der Waals surface area contributed by atoms with Crippen LogP contribution in [0.25, 0.3) is 11.0 Å². The molecule has 0 aromatic carbocycles. The van der Waals surface area contributed by atoms with Crippen LogP contribution in [0.3, 0.4) is 0 Å². The molecule has 0 fully saturated rings. The summed E-state index contributed by atoms with van der Waals surface area (Å²) >= 11 is 0. The first-order chi connectivity index (χ1) is 9.33. The van der Waals surface area contributed by atoms with E-state index in [9.17, 15) is 5.11 Å². The maximum absolute atomic E-state index is 9.41. The van der Waals surface area contributed by atoms with Gasteiger partial charge in [0.15, 0.2) is 0 Å². The first-order valence-electron chi connectivity index (χ1n) is 6.37. The van der Waals surface area contributed by atoms with E-state index in [0.29, 0.717) is 6.54 Å². The number of pyridine rings is 1. The highest BCUT2D eigenvalue weighted by Crippen LogP contribution is 2.20. The van der Waals surface area contributed by atoms with Crippen LogP contribution < -0.4 is 0 Å². The number of aliphatic hydroxyl groups excluding tert-OH is 1. The molecule has 19 heavy (non-hydrogen) atoms. The van der Waals surface area contributed by atoms with Gasteiger partial charge in [-0.15, -0.1) is 0 Å². The molecule has 3 rings (SSSR count). The number of nitrogens with zero attached hydrogens (tertiary/aromatic N) is 4. The molecule has 5 heteroatoms. The fourth-order valence-corrected chi connectivity index (χ4v) is 2.37. The summed E-state index contributed by atoms with van der Waals surface area (Å²) in [5.74, 6) is 0.995. The first-order valence-corrected chi connectivity index (χ1v) is 6.37. The number of rotatable bonds is 4. The van der Waals surface area contributed by atoms with E-state index in [2.05, 4.69) is 21.5 Å². The van der Waals surface area contributed by atoms with Gasteiger partial charge in [0.05, 0.1) is 13.2 Å². The highest BCUT2D eigenvalue weighted by molar-refractivity contribution is 5.80. The minimum absolute atomic E-state index is 0.0252. The van der Waals surface area contributed by atoms with Crippen molar-refractivity contribution in [3.63, 3.8) is 0 Å². The van der Waals surface area contributed by atoms with Crippen LogP contribution in [0.15, 0.2) is 36.9 Å². The van der Waals surface area contributed by atoms with Crippen LogP contribution >= 0.6 is 0 Å². The number of fused-ring (bicyclic) bond motifs is 1. The van der Waals surface area contributed by atoms with E-state index in [-0.39, 0.29) is 6.61 Å². The molecule has 0 aliphatic heterocycles. The summed E-state index contributed by atoms with van der Waals surface area (Å²) in [7, 11) is 0. The summed E-state index contributed by atoms with van der Waals surface area (Å²) in [6.45, 7) is 3.68. The topological polar surface area (TPSA) is 55.9 Å². The largest absolute Gasteiger partial charge is 0.392 e. The number of hydrogen-bond donors (Lipinski definition) is 1. The van der Waals surface area contributed by atoms with Crippen LogP contribution in [-0.4, -0.2) is 24.2 Å². The fraction of sp³-hybridized carbons (Fsp3) is 0.286. The second-order valence-corrected chi connectivity index (χ2v) is 4.44. The molecule has 0 saturated carbocycles. The van der Waals surface area contributed by atoms with Gasteiger partial charge < -0.3 is 14.2 Å². The van der Waals surface area contributed by atoms with Crippen molar-refractivity contribution < 1.29 is 5.11 Å². The number of aryl methyl sites for hydroxylation is 1. The van der Waals surface area contributed by atoms with Crippen molar-refractivity contribution in [3.8, 4) is 0 Å². The summed E-state index contributed by atoms with van der Waals surface area (Å²) < 4.78 is 4.14. The first kappa shape index (κ1) is 11.9. The molecule has 0 atom stereocenters. The van der Waals surface area contributed by atoms with E-state index in [1.54, 1.807) is 6.20 Å².